The number of methoxy groups -OCH3 is 1. The predicted molar refractivity (Wildman–Crippen MR) is 105 cm³/mol. The second-order valence-electron chi connectivity index (χ2n) is 5.75. The smallest absolute Gasteiger partial charge is 0.137 e. The third-order valence-corrected chi connectivity index (χ3v) is 5.06. The Kier molecular flexibility index (Phi) is 4.20. The summed E-state index contributed by atoms with van der Waals surface area (Å²) in [5.41, 5.74) is 5.33. The molecular weight excluding hydrogens is 328 g/mol. The first-order valence-electron chi connectivity index (χ1n) is 8.05. The molecule has 25 heavy (non-hydrogen) atoms. The summed E-state index contributed by atoms with van der Waals surface area (Å²) in [5, 5.41) is 1.09. The van der Waals surface area contributed by atoms with Crippen molar-refractivity contribution in [2.24, 2.45) is 0 Å². The number of nitrogens with zero attached hydrogens (tertiary/aromatic N) is 1. The third-order valence-electron chi connectivity index (χ3n) is 4.33. The lowest BCUT2D eigenvalue weighted by molar-refractivity contribution is 0.416. The number of nitrogens with one attached hydrogen (secondary N) is 1. The minimum absolute atomic E-state index is 0.859. The SMILES string of the molecule is COc1ccccc1-c1c[nH]c2ncc(-c3cccc(SC)c3)cc12. The number of fused-ring (bicyclic) bond motifs is 1. The molecule has 3 nitrogen and oxygen atoms in total. The molecule has 0 saturated carbocycles. The van der Waals surface area contributed by atoms with Crippen LogP contribution in [0.3, 0.4) is 0 Å². The Balaban J connectivity index is 1.88. The van der Waals surface area contributed by atoms with E-state index in [9.17, 15) is 0 Å². The number of aromatic amines is 1. The summed E-state index contributed by atoms with van der Waals surface area (Å²) in [6.07, 6.45) is 6.01. The van der Waals surface area contributed by atoms with E-state index in [-0.39, 0.29) is 0 Å². The molecule has 0 radical (unpaired) electrons. The van der Waals surface area contributed by atoms with E-state index in [4.69, 9.17) is 4.74 Å². The van der Waals surface area contributed by atoms with Gasteiger partial charge in [-0.1, -0.05) is 30.3 Å². The Morgan fingerprint density at radius 3 is 2.68 bits per heavy atom. The zero-order valence-electron chi connectivity index (χ0n) is 14.1. The zero-order valence-corrected chi connectivity index (χ0v) is 14.9. The number of thioether (sulfide) groups is 1. The van der Waals surface area contributed by atoms with Crippen molar-refractivity contribution in [3.63, 3.8) is 0 Å². The third kappa shape index (κ3) is 2.89. The van der Waals surface area contributed by atoms with E-state index < -0.39 is 0 Å². The van der Waals surface area contributed by atoms with Crippen molar-refractivity contribution in [3.05, 3.63) is 67.0 Å². The lowest BCUT2D eigenvalue weighted by atomic mass is 10.0. The molecule has 0 bridgehead atoms. The van der Waals surface area contributed by atoms with E-state index in [1.54, 1.807) is 18.9 Å². The Hall–Kier alpha value is -2.72. The maximum atomic E-state index is 5.53. The summed E-state index contributed by atoms with van der Waals surface area (Å²) in [7, 11) is 1.70. The highest BCUT2D eigenvalue weighted by Crippen LogP contribution is 2.36. The molecule has 0 atom stereocenters. The Labute approximate surface area is 151 Å². The van der Waals surface area contributed by atoms with E-state index in [1.807, 2.05) is 30.6 Å². The molecule has 0 aliphatic carbocycles. The second kappa shape index (κ2) is 6.65. The fourth-order valence-corrected chi connectivity index (χ4v) is 3.51. The van der Waals surface area contributed by atoms with Gasteiger partial charge in [0.05, 0.1) is 7.11 Å². The van der Waals surface area contributed by atoms with Crippen LogP contribution in [-0.2, 0) is 0 Å². The predicted octanol–water partition coefficient (Wildman–Crippen LogP) is 5.63. The van der Waals surface area contributed by atoms with Crippen LogP contribution in [0.25, 0.3) is 33.3 Å². The fourth-order valence-electron chi connectivity index (χ4n) is 3.05. The minimum atomic E-state index is 0.859. The number of hydrogen-bond acceptors (Lipinski definition) is 3. The van der Waals surface area contributed by atoms with Gasteiger partial charge in [-0.2, -0.15) is 0 Å². The van der Waals surface area contributed by atoms with Crippen LogP contribution in [0.4, 0.5) is 0 Å². The number of aromatic nitrogens is 2. The van der Waals surface area contributed by atoms with Gasteiger partial charge in [-0.3, -0.25) is 0 Å². The molecule has 0 amide bonds. The normalized spacial score (nSPS) is 11.0. The first-order chi connectivity index (χ1) is 12.3. The Morgan fingerprint density at radius 2 is 1.84 bits per heavy atom. The van der Waals surface area contributed by atoms with Gasteiger partial charge in [0.15, 0.2) is 0 Å². The van der Waals surface area contributed by atoms with Gasteiger partial charge in [0.25, 0.3) is 0 Å². The summed E-state index contributed by atoms with van der Waals surface area (Å²) < 4.78 is 5.53. The number of benzene rings is 2. The molecule has 4 aromatic rings. The molecule has 2 aromatic carbocycles. The van der Waals surface area contributed by atoms with Crippen molar-refractivity contribution < 1.29 is 4.74 Å². The number of pyridine rings is 1. The monoisotopic (exact) mass is 346 g/mol. The van der Waals surface area contributed by atoms with Crippen LogP contribution in [-0.4, -0.2) is 23.3 Å². The molecule has 0 aliphatic rings. The van der Waals surface area contributed by atoms with Gasteiger partial charge >= 0.3 is 0 Å². The molecule has 4 rings (SSSR count). The Bertz CT molecular complexity index is 1040. The second-order valence-corrected chi connectivity index (χ2v) is 6.63. The van der Waals surface area contributed by atoms with E-state index in [1.165, 1.54) is 10.5 Å². The van der Waals surface area contributed by atoms with Gasteiger partial charge in [-0.25, -0.2) is 4.98 Å². The summed E-state index contributed by atoms with van der Waals surface area (Å²) in [4.78, 5) is 9.13. The minimum Gasteiger partial charge on any atom is -0.496 e. The van der Waals surface area contributed by atoms with E-state index in [0.29, 0.717) is 0 Å². The van der Waals surface area contributed by atoms with Crippen molar-refractivity contribution in [2.75, 3.05) is 13.4 Å². The van der Waals surface area contributed by atoms with E-state index in [0.717, 1.165) is 33.5 Å². The number of H-pyrrole nitrogens is 1. The summed E-state index contributed by atoms with van der Waals surface area (Å²) >= 11 is 1.74. The summed E-state index contributed by atoms with van der Waals surface area (Å²) in [6.45, 7) is 0. The van der Waals surface area contributed by atoms with Crippen LogP contribution in [0.5, 0.6) is 5.75 Å². The first-order valence-corrected chi connectivity index (χ1v) is 9.27. The van der Waals surface area contributed by atoms with Crippen molar-refractivity contribution >= 4 is 22.8 Å². The van der Waals surface area contributed by atoms with Crippen LogP contribution in [0.1, 0.15) is 0 Å². The maximum absolute atomic E-state index is 5.53. The number of para-hydroxylation sites is 1. The lowest BCUT2D eigenvalue weighted by Crippen LogP contribution is -1.87. The van der Waals surface area contributed by atoms with Crippen LogP contribution >= 0.6 is 11.8 Å². The molecule has 0 aliphatic heterocycles. The van der Waals surface area contributed by atoms with Gasteiger partial charge in [-0.05, 0) is 36.1 Å². The maximum Gasteiger partial charge on any atom is 0.137 e. The molecule has 0 spiro atoms. The lowest BCUT2D eigenvalue weighted by Gasteiger charge is -2.08. The van der Waals surface area contributed by atoms with Gasteiger partial charge in [-0.15, -0.1) is 11.8 Å². The van der Waals surface area contributed by atoms with Crippen LogP contribution in [0.2, 0.25) is 0 Å². The average Bonchev–Trinajstić information content (AvgIpc) is 3.11. The molecule has 0 unspecified atom stereocenters. The summed E-state index contributed by atoms with van der Waals surface area (Å²) in [6, 6.07) is 18.8. The number of rotatable bonds is 4. The molecule has 4 heteroatoms. The van der Waals surface area contributed by atoms with Gasteiger partial charge in [0.1, 0.15) is 11.4 Å². The van der Waals surface area contributed by atoms with Crippen molar-refractivity contribution in [1.82, 2.24) is 9.97 Å². The van der Waals surface area contributed by atoms with E-state index in [2.05, 4.69) is 52.6 Å². The van der Waals surface area contributed by atoms with Crippen LogP contribution < -0.4 is 4.74 Å². The molecule has 124 valence electrons. The average molecular weight is 346 g/mol. The summed E-state index contributed by atoms with van der Waals surface area (Å²) in [5.74, 6) is 0.859. The quantitative estimate of drug-likeness (QED) is 0.487. The number of hydrogen-bond donors (Lipinski definition) is 1. The number of ether oxygens (including phenoxy) is 1. The molecular formula is C21H18N2OS. The molecule has 2 aromatic heterocycles. The largest absolute Gasteiger partial charge is 0.496 e. The van der Waals surface area contributed by atoms with Gasteiger partial charge < -0.3 is 9.72 Å². The Morgan fingerprint density at radius 1 is 0.960 bits per heavy atom. The standard InChI is InChI=1S/C21H18N2OS/c1-24-20-9-4-3-8-17(20)19-13-23-21-18(19)11-15(12-22-21)14-6-5-7-16(10-14)25-2/h3-13H,1-2H3,(H,22,23). The molecule has 2 heterocycles. The van der Waals surface area contributed by atoms with Crippen molar-refractivity contribution in [2.45, 2.75) is 4.90 Å². The highest BCUT2D eigenvalue weighted by molar-refractivity contribution is 7.98. The highest BCUT2D eigenvalue weighted by atomic mass is 32.2. The van der Waals surface area contributed by atoms with Gasteiger partial charge in [0.2, 0.25) is 0 Å². The molecule has 0 fully saturated rings. The van der Waals surface area contributed by atoms with Crippen LogP contribution in [0.15, 0.2) is 71.9 Å². The first kappa shape index (κ1) is 15.8. The topological polar surface area (TPSA) is 37.9 Å². The fraction of sp³-hybridized carbons (Fsp3) is 0.0952. The molecule has 1 N–H and O–H groups in total. The van der Waals surface area contributed by atoms with Crippen molar-refractivity contribution in [3.8, 4) is 28.0 Å². The molecule has 0 saturated heterocycles. The van der Waals surface area contributed by atoms with Gasteiger partial charge in [0, 0.05) is 39.4 Å². The van der Waals surface area contributed by atoms with Crippen molar-refractivity contribution in [1.29, 1.82) is 0 Å². The zero-order chi connectivity index (χ0) is 17.2. The highest BCUT2D eigenvalue weighted by Gasteiger charge is 2.12. The van der Waals surface area contributed by atoms with E-state index >= 15 is 0 Å². The van der Waals surface area contributed by atoms with Crippen LogP contribution in [0, 0.1) is 0 Å².